The number of nitriles is 1. The maximum absolute atomic E-state index is 13.3. The third kappa shape index (κ3) is 7.22. The highest BCUT2D eigenvalue weighted by molar-refractivity contribution is 7.95. The van der Waals surface area contributed by atoms with Crippen LogP contribution in [0.15, 0.2) is 52.5 Å². The first-order valence-corrected chi connectivity index (χ1v) is 13.3. The fourth-order valence-electron chi connectivity index (χ4n) is 3.51. The molecule has 0 saturated carbocycles. The summed E-state index contributed by atoms with van der Waals surface area (Å²) in [6, 6.07) is 11.7. The van der Waals surface area contributed by atoms with Crippen LogP contribution in [0, 0.1) is 11.3 Å². The van der Waals surface area contributed by atoms with Gasteiger partial charge in [0.1, 0.15) is 16.7 Å². The van der Waals surface area contributed by atoms with Crippen LogP contribution in [0.1, 0.15) is 83.6 Å². The first-order valence-electron chi connectivity index (χ1n) is 11.8. The van der Waals surface area contributed by atoms with Crippen LogP contribution in [-0.4, -0.2) is 20.1 Å². The predicted molar refractivity (Wildman–Crippen MR) is 143 cm³/mol. The van der Waals surface area contributed by atoms with Crippen molar-refractivity contribution in [3.63, 3.8) is 0 Å². The smallest absolute Gasteiger partial charge is 0.216 e. The first-order chi connectivity index (χ1) is 16.2. The Bertz CT molecular complexity index is 1200. The van der Waals surface area contributed by atoms with E-state index in [9.17, 15) is 18.8 Å². The molecule has 0 amide bonds. The highest BCUT2D eigenvalue weighted by Crippen LogP contribution is 2.40. The van der Waals surface area contributed by atoms with Crippen molar-refractivity contribution in [3.05, 3.63) is 69.8 Å². The molecule has 0 unspecified atom stereocenters. The number of aromatic hydroxyl groups is 1. The molecule has 0 saturated heterocycles. The second-order valence-electron chi connectivity index (χ2n) is 10.7. The Balaban J connectivity index is 2.48. The predicted octanol–water partition coefficient (Wildman–Crippen LogP) is 7.11. The van der Waals surface area contributed by atoms with Gasteiger partial charge in [0, 0.05) is 11.1 Å². The van der Waals surface area contributed by atoms with Gasteiger partial charge in [-0.2, -0.15) is 5.26 Å². The minimum atomic E-state index is -4.02. The molecule has 0 aliphatic rings. The van der Waals surface area contributed by atoms with Crippen molar-refractivity contribution in [3.8, 4) is 11.8 Å². The van der Waals surface area contributed by atoms with E-state index in [0.29, 0.717) is 23.3 Å². The van der Waals surface area contributed by atoms with Gasteiger partial charge in [0.2, 0.25) is 9.84 Å². The molecule has 0 atom stereocenters. The average molecular weight is 496 g/mol. The zero-order valence-electron chi connectivity index (χ0n) is 21.8. The molecular formula is C29H37NO4S. The average Bonchev–Trinajstić information content (AvgIpc) is 2.76. The third-order valence-corrected chi connectivity index (χ3v) is 7.29. The number of phenols is 1. The Hall–Kier alpha value is -3.04. The van der Waals surface area contributed by atoms with Crippen LogP contribution in [0.2, 0.25) is 0 Å². The SMILES string of the molecule is CCCCOC=Cc1ccc(S(=O)(=O)C(C#N)=Cc2cc(C(C)(C)C)c(O)c(C(C)(C)C)c2)cc1. The zero-order valence-corrected chi connectivity index (χ0v) is 22.7. The van der Waals surface area contributed by atoms with Crippen LogP contribution in [0.5, 0.6) is 5.75 Å². The zero-order chi connectivity index (χ0) is 26.4. The summed E-state index contributed by atoms with van der Waals surface area (Å²) in [5.74, 6) is 0.200. The lowest BCUT2D eigenvalue weighted by molar-refractivity contribution is 0.246. The lowest BCUT2D eigenvalue weighted by atomic mass is 9.78. The molecule has 2 aromatic rings. The first kappa shape index (κ1) is 28.2. The summed E-state index contributed by atoms with van der Waals surface area (Å²) < 4.78 is 31.9. The quantitative estimate of drug-likeness (QED) is 0.239. The van der Waals surface area contributed by atoms with Crippen LogP contribution < -0.4 is 0 Å². The maximum Gasteiger partial charge on any atom is 0.216 e. The monoisotopic (exact) mass is 495 g/mol. The molecule has 0 bridgehead atoms. The summed E-state index contributed by atoms with van der Waals surface area (Å²) in [7, 11) is -4.02. The van der Waals surface area contributed by atoms with Crippen LogP contribution in [0.4, 0.5) is 0 Å². The standard InChI is InChI=1S/C29H37NO4S/c1-8-9-15-34-16-14-21-10-12-23(13-11-21)35(32,33)24(20-30)17-22-18-25(28(2,3)4)27(31)26(19-22)29(5,6)7/h10-14,16-19,31H,8-9,15H2,1-7H3. The van der Waals surface area contributed by atoms with Gasteiger partial charge in [-0.15, -0.1) is 0 Å². The molecule has 2 aromatic carbocycles. The molecular weight excluding hydrogens is 458 g/mol. The Morgan fingerprint density at radius 3 is 2.00 bits per heavy atom. The Morgan fingerprint density at radius 2 is 1.54 bits per heavy atom. The lowest BCUT2D eigenvalue weighted by Crippen LogP contribution is -2.17. The number of nitrogens with zero attached hydrogens (tertiary/aromatic N) is 1. The van der Waals surface area contributed by atoms with E-state index in [2.05, 4.69) is 6.92 Å². The summed E-state index contributed by atoms with van der Waals surface area (Å²) in [6.07, 6.45) is 6.78. The van der Waals surface area contributed by atoms with Crippen molar-refractivity contribution in [2.45, 2.75) is 77.0 Å². The number of phenolic OH excluding ortho intramolecular Hbond substituents is 1. The summed E-state index contributed by atoms with van der Waals surface area (Å²) in [5, 5.41) is 20.7. The number of rotatable bonds is 8. The Kier molecular flexibility index (Phi) is 8.97. The molecule has 5 nitrogen and oxygen atoms in total. The van der Waals surface area contributed by atoms with Crippen LogP contribution in [0.3, 0.4) is 0 Å². The van der Waals surface area contributed by atoms with Crippen molar-refractivity contribution >= 4 is 22.0 Å². The third-order valence-electron chi connectivity index (χ3n) is 5.61. The Morgan fingerprint density at radius 1 is 1.00 bits per heavy atom. The van der Waals surface area contributed by atoms with Crippen molar-refractivity contribution in [1.29, 1.82) is 5.26 Å². The number of sulfone groups is 1. The molecule has 6 heteroatoms. The molecule has 0 spiro atoms. The van der Waals surface area contributed by atoms with Gasteiger partial charge in [-0.1, -0.05) is 67.0 Å². The fourth-order valence-corrected chi connectivity index (χ4v) is 4.67. The highest BCUT2D eigenvalue weighted by atomic mass is 32.2. The molecule has 0 heterocycles. The van der Waals surface area contributed by atoms with Crippen LogP contribution in [-0.2, 0) is 25.4 Å². The second kappa shape index (κ2) is 11.1. The number of hydrogen-bond donors (Lipinski definition) is 1. The highest BCUT2D eigenvalue weighted by Gasteiger charge is 2.27. The molecule has 2 rings (SSSR count). The van der Waals surface area contributed by atoms with E-state index in [1.807, 2.05) is 47.6 Å². The summed E-state index contributed by atoms with van der Waals surface area (Å²) >= 11 is 0. The van der Waals surface area contributed by atoms with E-state index in [4.69, 9.17) is 4.74 Å². The van der Waals surface area contributed by atoms with Crippen molar-refractivity contribution in [1.82, 2.24) is 0 Å². The van der Waals surface area contributed by atoms with Gasteiger partial charge in [-0.3, -0.25) is 0 Å². The normalized spacial score (nSPS) is 13.1. The Labute approximate surface area is 210 Å². The summed E-state index contributed by atoms with van der Waals surface area (Å²) in [6.45, 7) is 14.6. The number of allylic oxidation sites excluding steroid dienone is 1. The van der Waals surface area contributed by atoms with E-state index in [0.717, 1.165) is 18.4 Å². The molecule has 0 aliphatic heterocycles. The van der Waals surface area contributed by atoms with Gasteiger partial charge in [-0.25, -0.2) is 8.42 Å². The molecule has 0 radical (unpaired) electrons. The molecule has 35 heavy (non-hydrogen) atoms. The topological polar surface area (TPSA) is 87.4 Å². The van der Waals surface area contributed by atoms with Crippen molar-refractivity contribution in [2.75, 3.05) is 6.61 Å². The second-order valence-corrected chi connectivity index (χ2v) is 12.6. The van der Waals surface area contributed by atoms with E-state index >= 15 is 0 Å². The summed E-state index contributed by atoms with van der Waals surface area (Å²) in [5.41, 5.74) is 2.01. The molecule has 0 aliphatic carbocycles. The summed E-state index contributed by atoms with van der Waals surface area (Å²) in [4.78, 5) is -0.311. The largest absolute Gasteiger partial charge is 0.507 e. The lowest BCUT2D eigenvalue weighted by Gasteiger charge is -2.28. The van der Waals surface area contributed by atoms with E-state index in [1.54, 1.807) is 36.6 Å². The number of hydrogen-bond acceptors (Lipinski definition) is 5. The van der Waals surface area contributed by atoms with Crippen LogP contribution in [0.25, 0.3) is 12.2 Å². The minimum absolute atomic E-state index is 0.0419. The van der Waals surface area contributed by atoms with Gasteiger partial charge in [-0.05, 0) is 64.8 Å². The van der Waals surface area contributed by atoms with Crippen molar-refractivity contribution < 1.29 is 18.3 Å². The maximum atomic E-state index is 13.3. The van der Waals surface area contributed by atoms with Gasteiger partial charge < -0.3 is 9.84 Å². The van der Waals surface area contributed by atoms with Crippen LogP contribution >= 0.6 is 0 Å². The fraction of sp³-hybridized carbons (Fsp3) is 0.414. The van der Waals surface area contributed by atoms with Gasteiger partial charge in [0.05, 0.1) is 17.8 Å². The molecule has 0 fully saturated rings. The van der Waals surface area contributed by atoms with Crippen molar-refractivity contribution in [2.24, 2.45) is 0 Å². The number of benzene rings is 2. The molecule has 188 valence electrons. The van der Waals surface area contributed by atoms with E-state index < -0.39 is 9.84 Å². The van der Waals surface area contributed by atoms with Gasteiger partial charge in [0.15, 0.2) is 0 Å². The molecule has 1 N–H and O–H groups in total. The minimum Gasteiger partial charge on any atom is -0.507 e. The van der Waals surface area contributed by atoms with E-state index in [1.165, 1.54) is 18.2 Å². The number of unbranched alkanes of at least 4 members (excludes halogenated alkanes) is 1. The van der Waals surface area contributed by atoms with Gasteiger partial charge >= 0.3 is 0 Å². The number of ether oxygens (including phenoxy) is 1. The van der Waals surface area contributed by atoms with E-state index in [-0.39, 0.29) is 26.4 Å². The molecule has 0 aromatic heterocycles. The van der Waals surface area contributed by atoms with Gasteiger partial charge in [0.25, 0.3) is 0 Å².